The second kappa shape index (κ2) is 5.05. The van der Waals surface area contributed by atoms with Gasteiger partial charge in [-0.05, 0) is 19.4 Å². The Balaban J connectivity index is 1.72. The van der Waals surface area contributed by atoms with Crippen LogP contribution in [0.4, 0.5) is 0 Å². The molecule has 2 aromatic heterocycles. The fourth-order valence-electron chi connectivity index (χ4n) is 2.30. The lowest BCUT2D eigenvalue weighted by Crippen LogP contribution is -2.27. The number of carbonyl (C=O) groups is 1. The lowest BCUT2D eigenvalue weighted by molar-refractivity contribution is 0.0795. The summed E-state index contributed by atoms with van der Waals surface area (Å²) in [5, 5.41) is 0. The summed E-state index contributed by atoms with van der Waals surface area (Å²) in [6, 6.07) is 1.89. The minimum absolute atomic E-state index is 0.0673. The van der Waals surface area contributed by atoms with Crippen molar-refractivity contribution in [3.8, 4) is 0 Å². The Morgan fingerprint density at radius 3 is 3.16 bits per heavy atom. The van der Waals surface area contributed by atoms with Gasteiger partial charge in [0.05, 0.1) is 11.7 Å². The van der Waals surface area contributed by atoms with Gasteiger partial charge in [-0.2, -0.15) is 0 Å². The van der Waals surface area contributed by atoms with Crippen molar-refractivity contribution in [2.75, 3.05) is 13.1 Å². The molecule has 6 heteroatoms. The van der Waals surface area contributed by atoms with Crippen LogP contribution in [0.25, 0.3) is 0 Å². The van der Waals surface area contributed by atoms with Gasteiger partial charge in [-0.1, -0.05) is 0 Å². The topological polar surface area (TPSA) is 59.0 Å². The zero-order chi connectivity index (χ0) is 13.2. The Morgan fingerprint density at radius 1 is 1.53 bits per heavy atom. The Morgan fingerprint density at radius 2 is 2.42 bits per heavy atom. The molecular formula is C13H14N4OS. The minimum Gasteiger partial charge on any atom is -0.337 e. The van der Waals surface area contributed by atoms with Crippen molar-refractivity contribution in [1.82, 2.24) is 19.9 Å². The fourth-order valence-corrected chi connectivity index (χ4v) is 2.88. The number of likely N-dealkylation sites (tertiary alicyclic amines) is 1. The van der Waals surface area contributed by atoms with E-state index >= 15 is 0 Å². The molecule has 98 valence electrons. The molecule has 19 heavy (non-hydrogen) atoms. The van der Waals surface area contributed by atoms with E-state index in [9.17, 15) is 4.79 Å². The molecule has 1 aliphatic heterocycles. The molecule has 1 amide bonds. The molecule has 3 heterocycles. The van der Waals surface area contributed by atoms with Crippen LogP contribution in [0.1, 0.15) is 33.5 Å². The van der Waals surface area contributed by atoms with Crippen LogP contribution in [0.15, 0.2) is 24.0 Å². The predicted molar refractivity (Wildman–Crippen MR) is 72.1 cm³/mol. The number of carbonyl (C=O) groups excluding carboxylic acids is 1. The number of nitrogens with zero attached hydrogens (tertiary/aromatic N) is 4. The number of hydrogen-bond donors (Lipinski definition) is 0. The summed E-state index contributed by atoms with van der Waals surface area (Å²) < 4.78 is 0. The molecule has 1 atom stereocenters. The Bertz CT molecular complexity index is 584. The van der Waals surface area contributed by atoms with Crippen LogP contribution in [-0.4, -0.2) is 38.8 Å². The van der Waals surface area contributed by atoms with Gasteiger partial charge >= 0.3 is 0 Å². The highest BCUT2D eigenvalue weighted by molar-refractivity contribution is 7.11. The quantitative estimate of drug-likeness (QED) is 0.839. The van der Waals surface area contributed by atoms with Gasteiger partial charge in [0.25, 0.3) is 5.91 Å². The van der Waals surface area contributed by atoms with Crippen LogP contribution in [-0.2, 0) is 0 Å². The Kier molecular flexibility index (Phi) is 3.25. The van der Waals surface area contributed by atoms with E-state index in [1.165, 1.54) is 11.3 Å². The van der Waals surface area contributed by atoms with Crippen molar-refractivity contribution in [3.05, 3.63) is 40.4 Å². The van der Waals surface area contributed by atoms with Gasteiger partial charge in [-0.15, -0.1) is 11.3 Å². The second-order valence-electron chi connectivity index (χ2n) is 4.66. The molecule has 0 N–H and O–H groups in total. The average Bonchev–Trinajstić information content (AvgIpc) is 3.10. The minimum atomic E-state index is 0.0673. The number of aromatic nitrogens is 3. The maximum atomic E-state index is 12.2. The molecule has 0 spiro atoms. The van der Waals surface area contributed by atoms with E-state index in [0.29, 0.717) is 11.4 Å². The molecule has 3 rings (SSSR count). The lowest BCUT2D eigenvalue weighted by atomic mass is 10.1. The summed E-state index contributed by atoms with van der Waals surface area (Å²) in [5.74, 6) is 1.16. The highest BCUT2D eigenvalue weighted by Crippen LogP contribution is 2.26. The molecule has 2 aromatic rings. The molecule has 0 aromatic carbocycles. The highest BCUT2D eigenvalue weighted by Gasteiger charge is 2.30. The first-order chi connectivity index (χ1) is 9.24. The highest BCUT2D eigenvalue weighted by atomic mass is 32.1. The summed E-state index contributed by atoms with van der Waals surface area (Å²) >= 11 is 1.38. The number of hydrogen-bond acceptors (Lipinski definition) is 5. The number of aryl methyl sites for hydroxylation is 1. The summed E-state index contributed by atoms with van der Waals surface area (Å²) in [4.78, 5) is 27.5. The normalized spacial score (nSPS) is 18.8. The zero-order valence-corrected chi connectivity index (χ0v) is 11.4. The SMILES string of the molecule is Cc1ccnc([C@H]2CCN(C(=O)c3cncs3)C2)n1. The van der Waals surface area contributed by atoms with Crippen LogP contribution in [0.3, 0.4) is 0 Å². The smallest absolute Gasteiger partial charge is 0.265 e. The number of amides is 1. The third-order valence-electron chi connectivity index (χ3n) is 3.30. The molecule has 1 aliphatic rings. The first-order valence-electron chi connectivity index (χ1n) is 6.21. The first kappa shape index (κ1) is 12.2. The molecule has 5 nitrogen and oxygen atoms in total. The van der Waals surface area contributed by atoms with Crippen LogP contribution in [0.2, 0.25) is 0 Å². The molecule has 0 aliphatic carbocycles. The molecule has 0 saturated carbocycles. The van der Waals surface area contributed by atoms with Crippen LogP contribution >= 0.6 is 11.3 Å². The van der Waals surface area contributed by atoms with Crippen molar-refractivity contribution >= 4 is 17.2 Å². The van der Waals surface area contributed by atoms with E-state index in [2.05, 4.69) is 15.0 Å². The van der Waals surface area contributed by atoms with Crippen molar-refractivity contribution in [2.45, 2.75) is 19.3 Å². The molecule has 1 saturated heterocycles. The van der Waals surface area contributed by atoms with E-state index < -0.39 is 0 Å². The number of thiazole rings is 1. The van der Waals surface area contributed by atoms with Crippen molar-refractivity contribution < 1.29 is 4.79 Å². The van der Waals surface area contributed by atoms with Crippen LogP contribution < -0.4 is 0 Å². The first-order valence-corrected chi connectivity index (χ1v) is 7.09. The van der Waals surface area contributed by atoms with Gasteiger partial charge in [-0.25, -0.2) is 9.97 Å². The van der Waals surface area contributed by atoms with Gasteiger partial charge in [0.15, 0.2) is 0 Å². The van der Waals surface area contributed by atoms with E-state index in [-0.39, 0.29) is 11.8 Å². The Labute approximate surface area is 115 Å². The summed E-state index contributed by atoms with van der Waals surface area (Å²) in [7, 11) is 0. The third-order valence-corrected chi connectivity index (χ3v) is 4.06. The summed E-state index contributed by atoms with van der Waals surface area (Å²) in [6.07, 6.45) is 4.34. The number of rotatable bonds is 2. The van der Waals surface area contributed by atoms with Crippen molar-refractivity contribution in [3.63, 3.8) is 0 Å². The third kappa shape index (κ3) is 2.49. The maximum absolute atomic E-state index is 12.2. The van der Waals surface area contributed by atoms with Crippen LogP contribution in [0.5, 0.6) is 0 Å². The molecule has 0 radical (unpaired) electrons. The van der Waals surface area contributed by atoms with Gasteiger partial charge in [-0.3, -0.25) is 9.78 Å². The largest absolute Gasteiger partial charge is 0.337 e. The van der Waals surface area contributed by atoms with Crippen LogP contribution in [0, 0.1) is 6.92 Å². The van der Waals surface area contributed by atoms with E-state index in [0.717, 1.165) is 24.5 Å². The summed E-state index contributed by atoms with van der Waals surface area (Å²) in [5.41, 5.74) is 2.65. The monoisotopic (exact) mass is 274 g/mol. The predicted octanol–water partition coefficient (Wildman–Crippen LogP) is 1.87. The Hall–Kier alpha value is -1.82. The van der Waals surface area contributed by atoms with Gasteiger partial charge < -0.3 is 4.90 Å². The molecule has 0 unspecified atom stereocenters. The van der Waals surface area contributed by atoms with Crippen molar-refractivity contribution in [1.29, 1.82) is 0 Å². The standard InChI is InChI=1S/C13H14N4OS/c1-9-2-4-15-12(16-9)10-3-5-17(7-10)13(18)11-6-14-8-19-11/h2,4,6,8,10H,3,5,7H2,1H3/t10-/m0/s1. The maximum Gasteiger partial charge on any atom is 0.265 e. The van der Waals surface area contributed by atoms with E-state index in [4.69, 9.17) is 0 Å². The second-order valence-corrected chi connectivity index (χ2v) is 5.55. The van der Waals surface area contributed by atoms with E-state index in [1.807, 2.05) is 17.9 Å². The van der Waals surface area contributed by atoms with Gasteiger partial charge in [0, 0.05) is 30.9 Å². The average molecular weight is 274 g/mol. The molecule has 1 fully saturated rings. The molecular weight excluding hydrogens is 260 g/mol. The van der Waals surface area contributed by atoms with Gasteiger partial charge in [0.1, 0.15) is 10.7 Å². The lowest BCUT2D eigenvalue weighted by Gasteiger charge is -2.14. The van der Waals surface area contributed by atoms with Crippen molar-refractivity contribution in [2.24, 2.45) is 0 Å². The van der Waals surface area contributed by atoms with E-state index in [1.54, 1.807) is 17.9 Å². The van der Waals surface area contributed by atoms with Gasteiger partial charge in [0.2, 0.25) is 0 Å². The fraction of sp³-hybridized carbons (Fsp3) is 0.385. The zero-order valence-electron chi connectivity index (χ0n) is 10.6. The summed E-state index contributed by atoms with van der Waals surface area (Å²) in [6.45, 7) is 3.42. The molecule has 0 bridgehead atoms.